The second-order valence-corrected chi connectivity index (χ2v) is 4.24. The maximum Gasteiger partial charge on any atom is 0.270 e. The van der Waals surface area contributed by atoms with Crippen LogP contribution in [-0.2, 0) is 0 Å². The van der Waals surface area contributed by atoms with Crippen molar-refractivity contribution in [2.24, 2.45) is 5.73 Å². The summed E-state index contributed by atoms with van der Waals surface area (Å²) in [7, 11) is 0. The van der Waals surface area contributed by atoms with Crippen LogP contribution in [0.2, 0.25) is 5.02 Å². The van der Waals surface area contributed by atoms with Crippen LogP contribution in [0.25, 0.3) is 0 Å². The van der Waals surface area contributed by atoms with Crippen molar-refractivity contribution in [2.45, 2.75) is 32.2 Å². The van der Waals surface area contributed by atoms with E-state index in [2.05, 4.69) is 0 Å². The summed E-state index contributed by atoms with van der Waals surface area (Å²) in [6.45, 7) is 3.93. The molecule has 1 aromatic rings. The minimum absolute atomic E-state index is 0.00766. The van der Waals surface area contributed by atoms with Crippen LogP contribution in [0.15, 0.2) is 18.2 Å². The zero-order valence-electron chi connectivity index (χ0n) is 9.31. The normalized spacial score (nSPS) is 14.5. The van der Waals surface area contributed by atoms with Gasteiger partial charge in [0, 0.05) is 18.2 Å². The number of rotatable bonds is 4. The van der Waals surface area contributed by atoms with Gasteiger partial charge < -0.3 is 5.73 Å². The first-order chi connectivity index (χ1) is 7.47. The van der Waals surface area contributed by atoms with Gasteiger partial charge in [-0.3, -0.25) is 10.1 Å². The number of hydrogen-bond acceptors (Lipinski definition) is 3. The Kier molecular flexibility index (Phi) is 4.26. The van der Waals surface area contributed by atoms with Crippen molar-refractivity contribution in [3.63, 3.8) is 0 Å². The summed E-state index contributed by atoms with van der Waals surface area (Å²) in [5.74, 6) is 0.133. The van der Waals surface area contributed by atoms with E-state index in [4.69, 9.17) is 17.3 Å². The van der Waals surface area contributed by atoms with Gasteiger partial charge in [-0.05, 0) is 24.8 Å². The number of non-ortho nitro benzene ring substituents is 1. The van der Waals surface area contributed by atoms with Gasteiger partial charge in [0.05, 0.1) is 9.95 Å². The van der Waals surface area contributed by atoms with E-state index in [9.17, 15) is 10.1 Å². The predicted octanol–water partition coefficient (Wildman–Crippen LogP) is 3.09. The predicted molar refractivity (Wildman–Crippen MR) is 64.8 cm³/mol. The zero-order valence-corrected chi connectivity index (χ0v) is 10.1. The number of halogens is 1. The molecule has 0 aliphatic heterocycles. The number of nitrogens with zero attached hydrogens (tertiary/aromatic N) is 1. The van der Waals surface area contributed by atoms with E-state index in [-0.39, 0.29) is 17.6 Å². The van der Waals surface area contributed by atoms with Crippen molar-refractivity contribution in [3.8, 4) is 0 Å². The van der Waals surface area contributed by atoms with Gasteiger partial charge in [-0.2, -0.15) is 0 Å². The lowest BCUT2D eigenvalue weighted by molar-refractivity contribution is -0.384. The number of nitrogens with two attached hydrogens (primary N) is 1. The quantitative estimate of drug-likeness (QED) is 0.652. The zero-order chi connectivity index (χ0) is 12.3. The van der Waals surface area contributed by atoms with E-state index in [1.54, 1.807) is 6.07 Å². The van der Waals surface area contributed by atoms with Gasteiger partial charge in [0.15, 0.2) is 0 Å². The van der Waals surface area contributed by atoms with Crippen molar-refractivity contribution in [2.75, 3.05) is 0 Å². The Morgan fingerprint density at radius 1 is 1.56 bits per heavy atom. The third-order valence-corrected chi connectivity index (χ3v) is 3.00. The molecular weight excluding hydrogens is 228 g/mol. The van der Waals surface area contributed by atoms with E-state index in [0.29, 0.717) is 5.02 Å². The Morgan fingerprint density at radius 3 is 2.56 bits per heavy atom. The smallest absolute Gasteiger partial charge is 0.270 e. The summed E-state index contributed by atoms with van der Waals surface area (Å²) >= 11 is 6.03. The van der Waals surface area contributed by atoms with Crippen LogP contribution in [0.4, 0.5) is 5.69 Å². The topological polar surface area (TPSA) is 69.2 Å². The van der Waals surface area contributed by atoms with Crippen molar-refractivity contribution < 1.29 is 4.92 Å². The highest BCUT2D eigenvalue weighted by molar-refractivity contribution is 6.31. The average Bonchev–Trinajstić information content (AvgIpc) is 2.20. The number of nitro benzene ring substituents is 1. The van der Waals surface area contributed by atoms with Crippen molar-refractivity contribution >= 4 is 17.3 Å². The Bertz CT molecular complexity index is 394. The summed E-state index contributed by atoms with van der Waals surface area (Å²) < 4.78 is 0. The molecule has 2 atom stereocenters. The summed E-state index contributed by atoms with van der Waals surface area (Å²) in [6, 6.07) is 4.51. The third-order valence-electron chi connectivity index (χ3n) is 2.67. The van der Waals surface area contributed by atoms with Gasteiger partial charge in [0.25, 0.3) is 5.69 Å². The molecule has 2 unspecified atom stereocenters. The van der Waals surface area contributed by atoms with Crippen molar-refractivity contribution in [1.82, 2.24) is 0 Å². The van der Waals surface area contributed by atoms with Crippen molar-refractivity contribution in [1.29, 1.82) is 0 Å². The molecule has 0 spiro atoms. The lowest BCUT2D eigenvalue weighted by Gasteiger charge is -2.20. The molecule has 0 heterocycles. The Morgan fingerprint density at radius 2 is 2.19 bits per heavy atom. The van der Waals surface area contributed by atoms with E-state index in [0.717, 1.165) is 12.0 Å². The van der Waals surface area contributed by atoms with E-state index in [1.807, 2.05) is 13.8 Å². The van der Waals surface area contributed by atoms with Gasteiger partial charge in [0.1, 0.15) is 0 Å². The first-order valence-electron chi connectivity index (χ1n) is 5.16. The molecule has 0 aromatic heterocycles. The molecule has 0 bridgehead atoms. The van der Waals surface area contributed by atoms with Crippen LogP contribution in [0.3, 0.4) is 0 Å². The molecule has 4 nitrogen and oxygen atoms in total. The minimum atomic E-state index is -0.456. The molecule has 88 valence electrons. The molecule has 5 heteroatoms. The Labute approximate surface area is 99.6 Å². The molecule has 0 aliphatic carbocycles. The van der Waals surface area contributed by atoms with E-state index in [1.165, 1.54) is 12.1 Å². The standard InChI is InChI=1S/C11H15ClN2O2/c1-3-9(7(2)13)10-5-4-8(14(15)16)6-11(10)12/h4-7,9H,3,13H2,1-2H3. The van der Waals surface area contributed by atoms with Gasteiger partial charge in [0.2, 0.25) is 0 Å². The molecule has 16 heavy (non-hydrogen) atoms. The summed E-state index contributed by atoms with van der Waals surface area (Å²) in [6.07, 6.45) is 0.856. The fourth-order valence-corrected chi connectivity index (χ4v) is 2.12. The van der Waals surface area contributed by atoms with Crippen molar-refractivity contribution in [3.05, 3.63) is 38.9 Å². The minimum Gasteiger partial charge on any atom is -0.327 e. The van der Waals surface area contributed by atoms with E-state index < -0.39 is 4.92 Å². The summed E-state index contributed by atoms with van der Waals surface area (Å²) in [5, 5.41) is 11.0. The summed E-state index contributed by atoms with van der Waals surface area (Å²) in [4.78, 5) is 10.1. The Balaban J connectivity index is 3.11. The largest absolute Gasteiger partial charge is 0.327 e. The molecule has 0 saturated carbocycles. The van der Waals surface area contributed by atoms with Gasteiger partial charge in [-0.25, -0.2) is 0 Å². The molecule has 1 rings (SSSR count). The molecule has 2 N–H and O–H groups in total. The lowest BCUT2D eigenvalue weighted by atomic mass is 9.90. The van der Waals surface area contributed by atoms with Gasteiger partial charge in [-0.15, -0.1) is 0 Å². The number of nitro groups is 1. The van der Waals surface area contributed by atoms with Crippen LogP contribution in [0, 0.1) is 10.1 Å². The lowest BCUT2D eigenvalue weighted by Crippen LogP contribution is -2.24. The molecule has 0 radical (unpaired) electrons. The monoisotopic (exact) mass is 242 g/mol. The molecule has 0 fully saturated rings. The van der Waals surface area contributed by atoms with Crippen LogP contribution in [-0.4, -0.2) is 11.0 Å². The molecule has 0 aliphatic rings. The van der Waals surface area contributed by atoms with Gasteiger partial charge >= 0.3 is 0 Å². The molecule has 0 amide bonds. The molecular formula is C11H15ClN2O2. The van der Waals surface area contributed by atoms with Crippen LogP contribution < -0.4 is 5.73 Å². The highest BCUT2D eigenvalue weighted by Crippen LogP contribution is 2.31. The SMILES string of the molecule is CCC(c1ccc([N+](=O)[O-])cc1Cl)C(C)N. The van der Waals surface area contributed by atoms with Gasteiger partial charge in [-0.1, -0.05) is 24.6 Å². The second kappa shape index (κ2) is 5.27. The number of benzene rings is 1. The fraction of sp³-hybridized carbons (Fsp3) is 0.455. The first-order valence-corrected chi connectivity index (χ1v) is 5.54. The summed E-state index contributed by atoms with van der Waals surface area (Å²) in [5.41, 5.74) is 6.74. The fourth-order valence-electron chi connectivity index (χ4n) is 1.81. The average molecular weight is 243 g/mol. The highest BCUT2D eigenvalue weighted by Gasteiger charge is 2.19. The van der Waals surface area contributed by atoms with Crippen LogP contribution in [0.1, 0.15) is 31.7 Å². The van der Waals surface area contributed by atoms with Crippen LogP contribution >= 0.6 is 11.6 Å². The number of hydrogen-bond donors (Lipinski definition) is 1. The van der Waals surface area contributed by atoms with E-state index >= 15 is 0 Å². The molecule has 1 aromatic carbocycles. The third kappa shape index (κ3) is 2.71. The maximum atomic E-state index is 10.6. The van der Waals surface area contributed by atoms with Crippen LogP contribution in [0.5, 0.6) is 0 Å². The molecule has 0 saturated heterocycles. The first kappa shape index (κ1) is 12.9. The second-order valence-electron chi connectivity index (χ2n) is 3.84. The highest BCUT2D eigenvalue weighted by atomic mass is 35.5. The Hall–Kier alpha value is -1.13. The maximum absolute atomic E-state index is 10.6.